The summed E-state index contributed by atoms with van der Waals surface area (Å²) in [6, 6.07) is 14.7. The standard InChI is InChI=1S/C31H42N4/c1-21(2)20-34-14-12-28(13-15-34)35-16-10-25(11-17-35)27-18-22(3)30-29(19-27)32-31(33-30)26-8-6-24(7-9-26)23-4-5-23/h6-9,18-19,21,23,25,28H,4-5,10-17,20H2,1-3H3,(H,32,33). The molecule has 4 heteroatoms. The summed E-state index contributed by atoms with van der Waals surface area (Å²) < 4.78 is 0. The number of aryl methyl sites for hydroxylation is 1. The van der Waals surface area contributed by atoms with Gasteiger partial charge in [0, 0.05) is 18.2 Å². The molecule has 0 radical (unpaired) electrons. The van der Waals surface area contributed by atoms with Crippen molar-refractivity contribution in [2.75, 3.05) is 32.7 Å². The van der Waals surface area contributed by atoms with Crippen molar-refractivity contribution in [2.24, 2.45) is 5.92 Å². The minimum atomic E-state index is 0.667. The first-order valence-electron chi connectivity index (χ1n) is 14.1. The van der Waals surface area contributed by atoms with E-state index in [-0.39, 0.29) is 0 Å². The minimum Gasteiger partial charge on any atom is -0.338 e. The summed E-state index contributed by atoms with van der Waals surface area (Å²) in [4.78, 5) is 14.1. The fourth-order valence-electron chi connectivity index (χ4n) is 6.60. The van der Waals surface area contributed by atoms with E-state index in [1.165, 1.54) is 99.0 Å². The first-order valence-corrected chi connectivity index (χ1v) is 14.1. The van der Waals surface area contributed by atoms with E-state index in [1.807, 2.05) is 0 Å². The third-order valence-electron chi connectivity index (χ3n) is 8.73. The monoisotopic (exact) mass is 470 g/mol. The molecule has 0 spiro atoms. The number of aromatic amines is 1. The second-order valence-electron chi connectivity index (χ2n) is 12.0. The maximum Gasteiger partial charge on any atom is 0.138 e. The number of imidazole rings is 1. The second kappa shape index (κ2) is 9.71. The molecule has 0 bridgehead atoms. The number of fused-ring (bicyclic) bond motifs is 1. The Labute approximate surface area is 211 Å². The van der Waals surface area contributed by atoms with Crippen molar-refractivity contribution < 1.29 is 0 Å². The van der Waals surface area contributed by atoms with E-state index in [9.17, 15) is 0 Å². The number of aromatic nitrogens is 2. The summed E-state index contributed by atoms with van der Waals surface area (Å²) in [5.74, 6) is 3.25. The van der Waals surface area contributed by atoms with Gasteiger partial charge in [0.25, 0.3) is 0 Å². The van der Waals surface area contributed by atoms with Crippen LogP contribution in [0, 0.1) is 12.8 Å². The normalized spacial score (nSPS) is 21.4. The highest BCUT2D eigenvalue weighted by Crippen LogP contribution is 2.40. The van der Waals surface area contributed by atoms with Gasteiger partial charge < -0.3 is 14.8 Å². The van der Waals surface area contributed by atoms with Gasteiger partial charge in [-0.15, -0.1) is 0 Å². The van der Waals surface area contributed by atoms with Crippen LogP contribution >= 0.6 is 0 Å². The fraction of sp³-hybridized carbons (Fsp3) is 0.581. The lowest BCUT2D eigenvalue weighted by Crippen LogP contribution is -2.48. The fourth-order valence-corrected chi connectivity index (χ4v) is 6.60. The van der Waals surface area contributed by atoms with Crippen molar-refractivity contribution in [1.29, 1.82) is 0 Å². The lowest BCUT2D eigenvalue weighted by atomic mass is 9.87. The third kappa shape index (κ3) is 5.06. The van der Waals surface area contributed by atoms with Crippen LogP contribution in [0.5, 0.6) is 0 Å². The number of rotatable bonds is 6. The van der Waals surface area contributed by atoms with E-state index in [0.717, 1.165) is 29.2 Å². The van der Waals surface area contributed by atoms with Gasteiger partial charge in [-0.25, -0.2) is 4.98 Å². The van der Waals surface area contributed by atoms with E-state index in [4.69, 9.17) is 4.98 Å². The lowest BCUT2D eigenvalue weighted by molar-refractivity contribution is 0.0828. The Morgan fingerprint density at radius 2 is 1.54 bits per heavy atom. The van der Waals surface area contributed by atoms with Crippen LogP contribution in [-0.4, -0.2) is 58.5 Å². The number of piperidine rings is 2. The quantitative estimate of drug-likeness (QED) is 0.434. The molecule has 186 valence electrons. The zero-order valence-electron chi connectivity index (χ0n) is 21.9. The highest BCUT2D eigenvalue weighted by molar-refractivity contribution is 5.83. The van der Waals surface area contributed by atoms with Crippen molar-refractivity contribution in [3.05, 3.63) is 53.1 Å². The topological polar surface area (TPSA) is 35.2 Å². The van der Waals surface area contributed by atoms with Gasteiger partial charge in [0.05, 0.1) is 11.0 Å². The van der Waals surface area contributed by atoms with E-state index in [0.29, 0.717) is 5.92 Å². The molecule has 0 unspecified atom stereocenters. The van der Waals surface area contributed by atoms with E-state index >= 15 is 0 Å². The SMILES string of the molecule is Cc1cc(C2CCN(C3CCN(CC(C)C)CC3)CC2)cc2[nH]c(-c3ccc(C4CC4)cc3)nc12. The Hall–Kier alpha value is -2.17. The number of hydrogen-bond donors (Lipinski definition) is 1. The second-order valence-corrected chi connectivity index (χ2v) is 12.0. The lowest BCUT2D eigenvalue weighted by Gasteiger charge is -2.42. The van der Waals surface area contributed by atoms with E-state index < -0.39 is 0 Å². The van der Waals surface area contributed by atoms with E-state index in [1.54, 1.807) is 0 Å². The Morgan fingerprint density at radius 1 is 0.857 bits per heavy atom. The van der Waals surface area contributed by atoms with Crippen molar-refractivity contribution in [2.45, 2.75) is 77.2 Å². The van der Waals surface area contributed by atoms with Crippen molar-refractivity contribution in [3.8, 4) is 11.4 Å². The molecule has 3 aromatic rings. The minimum absolute atomic E-state index is 0.667. The molecule has 2 saturated heterocycles. The highest BCUT2D eigenvalue weighted by atomic mass is 15.2. The molecule has 6 rings (SSSR count). The summed E-state index contributed by atoms with van der Waals surface area (Å²) in [6.07, 6.45) is 7.95. The van der Waals surface area contributed by atoms with Gasteiger partial charge in [-0.3, -0.25) is 0 Å². The number of nitrogens with zero attached hydrogens (tertiary/aromatic N) is 3. The first-order chi connectivity index (χ1) is 17.0. The summed E-state index contributed by atoms with van der Waals surface area (Å²) in [5.41, 5.74) is 7.80. The smallest absolute Gasteiger partial charge is 0.138 e. The molecule has 3 fully saturated rings. The maximum atomic E-state index is 4.99. The van der Waals surface area contributed by atoms with Gasteiger partial charge >= 0.3 is 0 Å². The summed E-state index contributed by atoms with van der Waals surface area (Å²) >= 11 is 0. The highest BCUT2D eigenvalue weighted by Gasteiger charge is 2.29. The summed E-state index contributed by atoms with van der Waals surface area (Å²) in [5, 5.41) is 0. The Balaban J connectivity index is 1.11. The number of hydrogen-bond acceptors (Lipinski definition) is 3. The van der Waals surface area contributed by atoms with Crippen LogP contribution < -0.4 is 0 Å². The molecule has 1 aliphatic carbocycles. The van der Waals surface area contributed by atoms with Crippen molar-refractivity contribution in [1.82, 2.24) is 19.8 Å². The molecule has 1 N–H and O–H groups in total. The molecule has 3 aliphatic rings. The number of benzene rings is 2. The third-order valence-corrected chi connectivity index (χ3v) is 8.73. The predicted molar refractivity (Wildman–Crippen MR) is 146 cm³/mol. The molecular formula is C31H42N4. The van der Waals surface area contributed by atoms with Gasteiger partial charge in [0.15, 0.2) is 0 Å². The zero-order chi connectivity index (χ0) is 23.9. The molecule has 0 amide bonds. The first kappa shape index (κ1) is 23.2. The molecule has 35 heavy (non-hydrogen) atoms. The molecular weight excluding hydrogens is 428 g/mol. The summed E-state index contributed by atoms with van der Waals surface area (Å²) in [6.45, 7) is 13.2. The molecule has 1 aromatic heterocycles. The van der Waals surface area contributed by atoms with Gasteiger partial charge in [-0.05, 0) is 112 Å². The molecule has 4 nitrogen and oxygen atoms in total. The average molecular weight is 471 g/mol. The number of nitrogens with one attached hydrogen (secondary N) is 1. The molecule has 3 heterocycles. The molecule has 2 aromatic carbocycles. The van der Waals surface area contributed by atoms with Gasteiger partial charge in [-0.2, -0.15) is 0 Å². The van der Waals surface area contributed by atoms with Crippen LogP contribution in [-0.2, 0) is 0 Å². The van der Waals surface area contributed by atoms with Gasteiger partial charge in [0.1, 0.15) is 5.82 Å². The average Bonchev–Trinajstić information content (AvgIpc) is 3.63. The zero-order valence-corrected chi connectivity index (χ0v) is 21.9. The Kier molecular flexibility index (Phi) is 6.45. The summed E-state index contributed by atoms with van der Waals surface area (Å²) in [7, 11) is 0. The predicted octanol–water partition coefficient (Wildman–Crippen LogP) is 6.72. The molecule has 0 atom stereocenters. The van der Waals surface area contributed by atoms with Crippen LogP contribution in [0.25, 0.3) is 22.4 Å². The van der Waals surface area contributed by atoms with Crippen molar-refractivity contribution >= 4 is 11.0 Å². The maximum absolute atomic E-state index is 4.99. The van der Waals surface area contributed by atoms with Crippen LogP contribution in [0.2, 0.25) is 0 Å². The molecule has 2 aliphatic heterocycles. The van der Waals surface area contributed by atoms with Crippen LogP contribution in [0.15, 0.2) is 36.4 Å². The van der Waals surface area contributed by atoms with Gasteiger partial charge in [0.2, 0.25) is 0 Å². The Morgan fingerprint density at radius 3 is 2.20 bits per heavy atom. The van der Waals surface area contributed by atoms with Crippen LogP contribution in [0.1, 0.15) is 80.9 Å². The number of H-pyrrole nitrogens is 1. The van der Waals surface area contributed by atoms with E-state index in [2.05, 4.69) is 72.0 Å². The van der Waals surface area contributed by atoms with Crippen LogP contribution in [0.4, 0.5) is 0 Å². The molecule has 1 saturated carbocycles. The van der Waals surface area contributed by atoms with Crippen molar-refractivity contribution in [3.63, 3.8) is 0 Å². The number of likely N-dealkylation sites (tertiary alicyclic amines) is 2. The van der Waals surface area contributed by atoms with Crippen LogP contribution in [0.3, 0.4) is 0 Å². The Bertz CT molecular complexity index is 1140. The van der Waals surface area contributed by atoms with Gasteiger partial charge in [-0.1, -0.05) is 44.2 Å². The largest absolute Gasteiger partial charge is 0.338 e.